The van der Waals surface area contributed by atoms with Gasteiger partial charge in [-0.3, -0.25) is 19.6 Å². The van der Waals surface area contributed by atoms with Crippen molar-refractivity contribution in [3.63, 3.8) is 0 Å². The van der Waals surface area contributed by atoms with E-state index in [2.05, 4.69) is 31.3 Å². The number of rotatable bonds is 8. The summed E-state index contributed by atoms with van der Waals surface area (Å²) in [4.78, 5) is 33.3. The number of aliphatic imine (C=N–C) groups is 2. The Bertz CT molecular complexity index is 1150. The highest BCUT2D eigenvalue weighted by atomic mass is 35.5. The molecule has 0 bridgehead atoms. The van der Waals surface area contributed by atoms with Gasteiger partial charge in [0.05, 0.1) is 0 Å². The Morgan fingerprint density at radius 1 is 0.553 bits per heavy atom. The fourth-order valence-electron chi connectivity index (χ4n) is 3.17. The molecule has 0 aromatic heterocycles. The van der Waals surface area contributed by atoms with E-state index in [4.69, 9.17) is 11.5 Å². The monoisotopic (exact) mass is 558 g/mol. The molecule has 0 heterocycles. The van der Waals surface area contributed by atoms with Gasteiger partial charge in [-0.25, -0.2) is 0 Å². The summed E-state index contributed by atoms with van der Waals surface area (Å²) >= 11 is 0. The molecule has 0 atom stereocenters. The van der Waals surface area contributed by atoms with Gasteiger partial charge in [-0.2, -0.15) is 0 Å². The standard InChI is InChI=1S/C26H30N8O2.2ClH/c1-3-29-25(27)33-21-13-9-19(10-14-21)31-23(35)17-5-7-18(8-6-17)24(36)32-20-11-15-22(16-12-20)34-26(28)30-4-2;;/h5-16H,3-4H2,1-2H3,(H,31,35)(H,32,36)(H3,27,29,33)(H3,28,30,34);2*1H. The quantitative estimate of drug-likeness (QED) is 0.176. The van der Waals surface area contributed by atoms with Crippen LogP contribution < -0.4 is 32.7 Å². The normalized spacial score (nSPS) is 10.9. The summed E-state index contributed by atoms with van der Waals surface area (Å²) in [5, 5.41) is 11.6. The molecule has 10 nitrogen and oxygen atoms in total. The first-order valence-electron chi connectivity index (χ1n) is 11.4. The molecule has 0 radical (unpaired) electrons. The molecule has 0 saturated carbocycles. The number of benzene rings is 3. The lowest BCUT2D eigenvalue weighted by atomic mass is 10.1. The maximum atomic E-state index is 12.6. The summed E-state index contributed by atoms with van der Waals surface area (Å²) in [6.45, 7) is 4.96. The first-order valence-corrected chi connectivity index (χ1v) is 11.4. The summed E-state index contributed by atoms with van der Waals surface area (Å²) in [7, 11) is 0. The second kappa shape index (κ2) is 15.7. The van der Waals surface area contributed by atoms with E-state index >= 15 is 0 Å². The number of hydrogen-bond acceptors (Lipinski definition) is 4. The van der Waals surface area contributed by atoms with Crippen molar-refractivity contribution in [2.24, 2.45) is 21.5 Å². The van der Waals surface area contributed by atoms with E-state index in [0.717, 1.165) is 11.4 Å². The molecule has 0 saturated heterocycles. The van der Waals surface area contributed by atoms with Crippen LogP contribution in [0.25, 0.3) is 0 Å². The third-order valence-electron chi connectivity index (χ3n) is 4.90. The average molecular weight is 560 g/mol. The molecule has 0 unspecified atom stereocenters. The molecule has 3 aromatic carbocycles. The Labute approximate surface area is 234 Å². The van der Waals surface area contributed by atoms with Crippen LogP contribution in [0.3, 0.4) is 0 Å². The number of carbonyl (C=O) groups is 2. The van der Waals surface area contributed by atoms with Crippen molar-refractivity contribution in [1.29, 1.82) is 0 Å². The van der Waals surface area contributed by atoms with Crippen molar-refractivity contribution in [3.05, 3.63) is 83.9 Å². The second-order valence-corrected chi connectivity index (χ2v) is 7.61. The highest BCUT2D eigenvalue weighted by molar-refractivity contribution is 6.07. The summed E-state index contributed by atoms with van der Waals surface area (Å²) < 4.78 is 0. The average Bonchev–Trinajstić information content (AvgIpc) is 2.87. The fourth-order valence-corrected chi connectivity index (χ4v) is 3.17. The molecular weight excluding hydrogens is 527 g/mol. The van der Waals surface area contributed by atoms with Gasteiger partial charge in [-0.05, 0) is 86.6 Å². The molecule has 2 amide bonds. The molecule has 8 N–H and O–H groups in total. The molecule has 0 aliphatic rings. The molecule has 202 valence electrons. The largest absolute Gasteiger partial charge is 0.370 e. The van der Waals surface area contributed by atoms with Crippen molar-refractivity contribution in [3.8, 4) is 0 Å². The summed E-state index contributed by atoms with van der Waals surface area (Å²) in [5.41, 5.74) is 15.1. The third kappa shape index (κ3) is 9.64. The van der Waals surface area contributed by atoms with E-state index in [-0.39, 0.29) is 36.6 Å². The highest BCUT2D eigenvalue weighted by Crippen LogP contribution is 2.17. The lowest BCUT2D eigenvalue weighted by Crippen LogP contribution is -2.22. The maximum Gasteiger partial charge on any atom is 0.255 e. The van der Waals surface area contributed by atoms with Crippen molar-refractivity contribution < 1.29 is 9.59 Å². The van der Waals surface area contributed by atoms with E-state index in [9.17, 15) is 9.59 Å². The lowest BCUT2D eigenvalue weighted by Gasteiger charge is -2.10. The van der Waals surface area contributed by atoms with Gasteiger partial charge in [0.2, 0.25) is 0 Å². The van der Waals surface area contributed by atoms with E-state index in [1.807, 2.05) is 13.8 Å². The Morgan fingerprint density at radius 2 is 0.816 bits per heavy atom. The smallest absolute Gasteiger partial charge is 0.255 e. The van der Waals surface area contributed by atoms with Gasteiger partial charge in [-0.1, -0.05) is 0 Å². The van der Waals surface area contributed by atoms with Crippen molar-refractivity contribution >= 4 is 71.3 Å². The Balaban J connectivity index is 0.00000361. The zero-order chi connectivity index (χ0) is 25.9. The third-order valence-corrected chi connectivity index (χ3v) is 4.90. The van der Waals surface area contributed by atoms with Crippen LogP contribution in [0.2, 0.25) is 0 Å². The minimum absolute atomic E-state index is 0. The first kappa shape index (κ1) is 31.7. The van der Waals surface area contributed by atoms with Crippen LogP contribution >= 0.6 is 24.8 Å². The van der Waals surface area contributed by atoms with Gasteiger partial charge in [-0.15, -0.1) is 24.8 Å². The number of hydrogen-bond donors (Lipinski definition) is 6. The SMILES string of the molecule is CCN=C(N)Nc1ccc(NC(=O)c2ccc(C(=O)Nc3ccc(NC(N)=NCC)cc3)cc2)cc1.Cl.Cl. The van der Waals surface area contributed by atoms with Gasteiger partial charge in [0.1, 0.15) is 0 Å². The number of nitrogens with one attached hydrogen (secondary N) is 4. The topological polar surface area (TPSA) is 159 Å². The van der Waals surface area contributed by atoms with Crippen LogP contribution in [0.15, 0.2) is 82.8 Å². The minimum atomic E-state index is -0.288. The van der Waals surface area contributed by atoms with E-state index in [1.165, 1.54) is 0 Å². The van der Waals surface area contributed by atoms with Gasteiger partial charge < -0.3 is 32.7 Å². The zero-order valence-electron chi connectivity index (χ0n) is 21.0. The molecule has 3 rings (SSSR count). The van der Waals surface area contributed by atoms with Crippen LogP contribution in [0.1, 0.15) is 34.6 Å². The van der Waals surface area contributed by atoms with Crippen molar-refractivity contribution in [2.45, 2.75) is 13.8 Å². The van der Waals surface area contributed by atoms with Crippen LogP contribution in [0, 0.1) is 0 Å². The van der Waals surface area contributed by atoms with Gasteiger partial charge in [0, 0.05) is 47.0 Å². The number of carbonyl (C=O) groups excluding carboxylic acids is 2. The number of halogens is 2. The summed E-state index contributed by atoms with van der Waals surface area (Å²) in [6, 6.07) is 20.6. The molecule has 38 heavy (non-hydrogen) atoms. The summed E-state index contributed by atoms with van der Waals surface area (Å²) in [6.07, 6.45) is 0. The first-order chi connectivity index (χ1) is 17.4. The number of anilines is 4. The van der Waals surface area contributed by atoms with Gasteiger partial charge >= 0.3 is 0 Å². The molecular formula is C26H32Cl2N8O2. The predicted octanol–water partition coefficient (Wildman–Crippen LogP) is 4.53. The molecule has 0 spiro atoms. The van der Waals surface area contributed by atoms with Gasteiger partial charge in [0.25, 0.3) is 11.8 Å². The molecule has 12 heteroatoms. The predicted molar refractivity (Wildman–Crippen MR) is 161 cm³/mol. The number of nitrogens with two attached hydrogens (primary N) is 2. The number of guanidine groups is 2. The number of nitrogens with zero attached hydrogens (tertiary/aromatic N) is 2. The van der Waals surface area contributed by atoms with E-state index < -0.39 is 0 Å². The molecule has 0 aliphatic heterocycles. The molecule has 0 aliphatic carbocycles. The Kier molecular flexibility index (Phi) is 13.2. The fraction of sp³-hybridized carbons (Fsp3) is 0.154. The highest BCUT2D eigenvalue weighted by Gasteiger charge is 2.10. The van der Waals surface area contributed by atoms with Crippen molar-refractivity contribution in [2.75, 3.05) is 34.4 Å². The zero-order valence-corrected chi connectivity index (χ0v) is 22.7. The van der Waals surface area contributed by atoms with Crippen LogP contribution in [0.5, 0.6) is 0 Å². The van der Waals surface area contributed by atoms with Crippen molar-refractivity contribution in [1.82, 2.24) is 0 Å². The van der Waals surface area contributed by atoms with E-state index in [1.54, 1.807) is 72.8 Å². The number of amides is 2. The van der Waals surface area contributed by atoms with Gasteiger partial charge in [0.15, 0.2) is 11.9 Å². The molecule has 0 fully saturated rings. The lowest BCUT2D eigenvalue weighted by molar-refractivity contribution is 0.101. The van der Waals surface area contributed by atoms with E-state index in [0.29, 0.717) is 47.5 Å². The summed E-state index contributed by atoms with van der Waals surface area (Å²) in [5.74, 6) is 0.0809. The molecule has 3 aromatic rings. The second-order valence-electron chi connectivity index (χ2n) is 7.61. The minimum Gasteiger partial charge on any atom is -0.370 e. The Morgan fingerprint density at radius 3 is 1.08 bits per heavy atom. The van der Waals surface area contributed by atoms with Crippen LogP contribution in [0.4, 0.5) is 22.7 Å². The Hall–Kier alpha value is -4.28. The maximum absolute atomic E-state index is 12.6. The van der Waals surface area contributed by atoms with Crippen LogP contribution in [-0.2, 0) is 0 Å². The van der Waals surface area contributed by atoms with Crippen LogP contribution in [-0.4, -0.2) is 36.8 Å².